The monoisotopic (exact) mass is 477 g/mol. The average molecular weight is 478 g/mol. The van der Waals surface area contributed by atoms with E-state index in [1.807, 2.05) is 19.1 Å². The number of aromatic nitrogens is 3. The summed E-state index contributed by atoms with van der Waals surface area (Å²) in [5.41, 5.74) is 4.45. The van der Waals surface area contributed by atoms with Crippen molar-refractivity contribution in [2.75, 3.05) is 13.2 Å². The lowest BCUT2D eigenvalue weighted by Gasteiger charge is -2.29. The first-order valence-corrected chi connectivity index (χ1v) is 12.3. The topological polar surface area (TPSA) is 129 Å². The van der Waals surface area contributed by atoms with Crippen LogP contribution in [0.4, 0.5) is 0 Å². The number of aryl methyl sites for hydroxylation is 1. The molecular formula is C26H31N5O4. The molecule has 1 aromatic carbocycles. The maximum absolute atomic E-state index is 13.1. The number of hydrogen-bond donors (Lipinski definition) is 4. The van der Waals surface area contributed by atoms with Crippen LogP contribution in [-0.4, -0.2) is 57.2 Å². The van der Waals surface area contributed by atoms with Crippen molar-refractivity contribution in [2.24, 2.45) is 5.92 Å². The summed E-state index contributed by atoms with van der Waals surface area (Å²) >= 11 is 0. The van der Waals surface area contributed by atoms with Crippen molar-refractivity contribution in [2.45, 2.75) is 57.5 Å². The third kappa shape index (κ3) is 5.30. The number of rotatable bonds is 8. The maximum atomic E-state index is 13.1. The van der Waals surface area contributed by atoms with Gasteiger partial charge in [-0.25, -0.2) is 9.97 Å². The van der Waals surface area contributed by atoms with Gasteiger partial charge < -0.3 is 25.5 Å². The van der Waals surface area contributed by atoms with E-state index in [2.05, 4.69) is 31.7 Å². The molecule has 0 atom stereocenters. The van der Waals surface area contributed by atoms with Crippen molar-refractivity contribution in [3.05, 3.63) is 41.9 Å². The van der Waals surface area contributed by atoms with Crippen molar-refractivity contribution in [3.63, 3.8) is 0 Å². The Hall–Kier alpha value is -3.46. The number of H-pyrrole nitrogens is 1. The molecule has 2 amide bonds. The molecule has 2 aliphatic rings. The molecule has 2 aromatic heterocycles. The Morgan fingerprint density at radius 2 is 1.83 bits per heavy atom. The van der Waals surface area contributed by atoms with E-state index in [0.29, 0.717) is 34.8 Å². The molecule has 0 saturated heterocycles. The molecule has 5 rings (SSSR count). The van der Waals surface area contributed by atoms with Crippen molar-refractivity contribution in [3.8, 4) is 17.0 Å². The van der Waals surface area contributed by atoms with E-state index in [4.69, 9.17) is 9.84 Å². The molecule has 2 saturated carbocycles. The molecule has 9 nitrogen and oxygen atoms in total. The van der Waals surface area contributed by atoms with Gasteiger partial charge in [0.05, 0.1) is 17.7 Å². The van der Waals surface area contributed by atoms with Crippen molar-refractivity contribution in [1.29, 1.82) is 0 Å². The van der Waals surface area contributed by atoms with Gasteiger partial charge in [-0.05, 0) is 63.5 Å². The predicted octanol–water partition coefficient (Wildman–Crippen LogP) is 2.87. The summed E-state index contributed by atoms with van der Waals surface area (Å²) < 4.78 is 6.12. The van der Waals surface area contributed by atoms with Crippen molar-refractivity contribution >= 4 is 22.8 Å². The van der Waals surface area contributed by atoms with E-state index >= 15 is 0 Å². The lowest BCUT2D eigenvalue weighted by Crippen LogP contribution is -2.44. The van der Waals surface area contributed by atoms with Gasteiger partial charge in [0.15, 0.2) is 0 Å². The highest BCUT2D eigenvalue weighted by molar-refractivity contribution is 6.08. The fourth-order valence-electron chi connectivity index (χ4n) is 4.68. The van der Waals surface area contributed by atoms with Gasteiger partial charge in [-0.1, -0.05) is 11.6 Å². The standard InChI is InChI=1S/C26H31N5O4/c1-15-2-9-21(35-13-16-3-4-16)19(10-15)23-25-24(29-14-28-23)20(11-27-25)26(34)31-18-7-5-17(6-8-18)30-22(33)12-32/h2,9-11,14,16-18,27,32H,3-8,12-13H2,1H3,(H,30,33)(H,31,34)/t17-,18-. The summed E-state index contributed by atoms with van der Waals surface area (Å²) in [7, 11) is 0. The second-order valence-corrected chi connectivity index (χ2v) is 9.65. The smallest absolute Gasteiger partial charge is 0.255 e. The van der Waals surface area contributed by atoms with Crippen LogP contribution >= 0.6 is 0 Å². The minimum atomic E-state index is -0.502. The van der Waals surface area contributed by atoms with Gasteiger partial charge in [-0.3, -0.25) is 9.59 Å². The lowest BCUT2D eigenvalue weighted by atomic mass is 9.91. The number of aliphatic hydroxyl groups excluding tert-OH is 1. The van der Waals surface area contributed by atoms with Gasteiger partial charge >= 0.3 is 0 Å². The summed E-state index contributed by atoms with van der Waals surface area (Å²) in [6.45, 7) is 2.23. The summed E-state index contributed by atoms with van der Waals surface area (Å²) in [4.78, 5) is 36.7. The first-order valence-electron chi connectivity index (χ1n) is 12.3. The van der Waals surface area contributed by atoms with E-state index in [1.165, 1.54) is 19.2 Å². The van der Waals surface area contributed by atoms with Gasteiger partial charge in [0, 0.05) is 23.8 Å². The van der Waals surface area contributed by atoms with Gasteiger partial charge in [-0.15, -0.1) is 0 Å². The zero-order valence-corrected chi connectivity index (χ0v) is 19.8. The highest BCUT2D eigenvalue weighted by atomic mass is 16.5. The van der Waals surface area contributed by atoms with Crippen LogP contribution in [-0.2, 0) is 4.79 Å². The Balaban J connectivity index is 1.33. The molecule has 4 N–H and O–H groups in total. The lowest BCUT2D eigenvalue weighted by molar-refractivity contribution is -0.124. The molecular weight excluding hydrogens is 446 g/mol. The molecule has 3 aromatic rings. The molecule has 2 fully saturated rings. The van der Waals surface area contributed by atoms with E-state index in [9.17, 15) is 9.59 Å². The number of carbonyl (C=O) groups excluding carboxylic acids is 2. The number of hydrogen-bond acceptors (Lipinski definition) is 6. The Labute approximate surface area is 203 Å². The number of aromatic amines is 1. The zero-order chi connectivity index (χ0) is 24.4. The van der Waals surface area contributed by atoms with E-state index in [-0.39, 0.29) is 23.9 Å². The molecule has 0 unspecified atom stereocenters. The minimum absolute atomic E-state index is 0.0234. The summed E-state index contributed by atoms with van der Waals surface area (Å²) in [5.74, 6) is 0.879. The van der Waals surface area contributed by atoms with E-state index < -0.39 is 6.61 Å². The summed E-state index contributed by atoms with van der Waals surface area (Å²) in [5, 5.41) is 14.8. The molecule has 9 heteroatoms. The third-order valence-corrected chi connectivity index (χ3v) is 6.84. The highest BCUT2D eigenvalue weighted by Crippen LogP contribution is 2.36. The van der Waals surface area contributed by atoms with Gasteiger partial charge in [0.2, 0.25) is 5.91 Å². The number of aliphatic hydroxyl groups is 1. The van der Waals surface area contributed by atoms with E-state index in [1.54, 1.807) is 6.20 Å². The van der Waals surface area contributed by atoms with Crippen LogP contribution in [0.5, 0.6) is 5.75 Å². The molecule has 0 spiro atoms. The quantitative estimate of drug-likeness (QED) is 0.395. The van der Waals surface area contributed by atoms with Crippen LogP contribution in [0.1, 0.15) is 54.4 Å². The number of nitrogens with one attached hydrogen (secondary N) is 3. The van der Waals surface area contributed by atoms with Crippen LogP contribution in [0, 0.1) is 12.8 Å². The largest absolute Gasteiger partial charge is 0.493 e. The first-order chi connectivity index (χ1) is 17.0. The highest BCUT2D eigenvalue weighted by Gasteiger charge is 2.26. The SMILES string of the molecule is Cc1ccc(OCC2CC2)c(-c2ncnc3c(C(=O)N[C@H]4CC[C@H](NC(=O)CO)CC4)c[nH]c23)c1. The van der Waals surface area contributed by atoms with Crippen molar-refractivity contribution < 1.29 is 19.4 Å². The summed E-state index contributed by atoms with van der Waals surface area (Å²) in [6, 6.07) is 6.13. The molecule has 184 valence electrons. The number of benzene rings is 1. The molecule has 35 heavy (non-hydrogen) atoms. The summed E-state index contributed by atoms with van der Waals surface area (Å²) in [6.07, 6.45) is 8.64. The Kier molecular flexibility index (Phi) is 6.68. The third-order valence-electron chi connectivity index (χ3n) is 6.84. The second-order valence-electron chi connectivity index (χ2n) is 9.65. The van der Waals surface area contributed by atoms with Crippen LogP contribution < -0.4 is 15.4 Å². The Bertz CT molecular complexity index is 1230. The van der Waals surface area contributed by atoms with Crippen LogP contribution in [0.3, 0.4) is 0 Å². The molecule has 0 radical (unpaired) electrons. The van der Waals surface area contributed by atoms with Gasteiger partial charge in [0.1, 0.15) is 29.9 Å². The zero-order valence-electron chi connectivity index (χ0n) is 19.8. The van der Waals surface area contributed by atoms with Crippen LogP contribution in [0.2, 0.25) is 0 Å². The Morgan fingerprint density at radius 3 is 2.54 bits per heavy atom. The minimum Gasteiger partial charge on any atom is -0.493 e. The molecule has 2 heterocycles. The maximum Gasteiger partial charge on any atom is 0.255 e. The number of nitrogens with zero attached hydrogens (tertiary/aromatic N) is 2. The van der Waals surface area contributed by atoms with Gasteiger partial charge in [-0.2, -0.15) is 0 Å². The average Bonchev–Trinajstić information content (AvgIpc) is 3.59. The normalized spacial score (nSPS) is 19.9. The number of amides is 2. The number of ether oxygens (including phenoxy) is 1. The molecule has 2 aliphatic carbocycles. The fraction of sp³-hybridized carbons (Fsp3) is 0.462. The Morgan fingerprint density at radius 1 is 1.09 bits per heavy atom. The number of fused-ring (bicyclic) bond motifs is 1. The van der Waals surface area contributed by atoms with Crippen LogP contribution in [0.15, 0.2) is 30.7 Å². The molecule has 0 aliphatic heterocycles. The first kappa shape index (κ1) is 23.3. The van der Waals surface area contributed by atoms with Gasteiger partial charge in [0.25, 0.3) is 5.91 Å². The number of carbonyl (C=O) groups is 2. The molecule has 0 bridgehead atoms. The second kappa shape index (κ2) is 10.0. The van der Waals surface area contributed by atoms with E-state index in [0.717, 1.165) is 42.6 Å². The predicted molar refractivity (Wildman–Crippen MR) is 131 cm³/mol. The van der Waals surface area contributed by atoms with Crippen molar-refractivity contribution in [1.82, 2.24) is 25.6 Å². The fourth-order valence-corrected chi connectivity index (χ4v) is 4.68. The van der Waals surface area contributed by atoms with Crippen LogP contribution in [0.25, 0.3) is 22.3 Å².